The number of hydrogen-bond acceptors (Lipinski definition) is 6. The molecule has 0 spiro atoms. The van der Waals surface area contributed by atoms with Gasteiger partial charge in [0.05, 0.1) is 11.0 Å². The van der Waals surface area contributed by atoms with Crippen LogP contribution >= 0.6 is 11.3 Å². The molecule has 2 aliphatic heterocycles. The number of carbonyl (C=O) groups excluding carboxylic acids is 1. The number of para-hydroxylation sites is 2. The first-order valence-electron chi connectivity index (χ1n) is 10.7. The Morgan fingerprint density at radius 1 is 1.13 bits per heavy atom. The first-order valence-corrected chi connectivity index (χ1v) is 11.5. The zero-order valence-electron chi connectivity index (χ0n) is 17.0. The zero-order chi connectivity index (χ0) is 20.9. The quantitative estimate of drug-likeness (QED) is 0.536. The third-order valence-electron chi connectivity index (χ3n) is 6.21. The Hall–Kier alpha value is -2.45. The molecule has 2 aliphatic rings. The van der Waals surface area contributed by atoms with Gasteiger partial charge in [-0.25, -0.2) is 0 Å². The topological polar surface area (TPSA) is 78.7 Å². The smallest absolute Gasteiger partial charge is 0.292 e. The molecule has 160 valence electrons. The molecule has 0 aliphatic carbocycles. The summed E-state index contributed by atoms with van der Waals surface area (Å²) >= 11 is 1.75. The molecule has 30 heavy (non-hydrogen) atoms. The second kappa shape index (κ2) is 9.57. The van der Waals surface area contributed by atoms with Crippen molar-refractivity contribution in [2.45, 2.75) is 31.7 Å². The van der Waals surface area contributed by atoms with Crippen molar-refractivity contribution in [1.29, 1.82) is 0 Å². The number of nitro groups is 1. The van der Waals surface area contributed by atoms with Gasteiger partial charge in [0.1, 0.15) is 5.69 Å². The molecule has 1 amide bonds. The summed E-state index contributed by atoms with van der Waals surface area (Å²) in [5.41, 5.74) is 0.776. The highest BCUT2D eigenvalue weighted by atomic mass is 32.1. The fourth-order valence-corrected chi connectivity index (χ4v) is 5.41. The molecule has 2 aromatic rings. The Morgan fingerprint density at radius 2 is 1.87 bits per heavy atom. The van der Waals surface area contributed by atoms with Crippen LogP contribution in [-0.4, -0.2) is 48.5 Å². The van der Waals surface area contributed by atoms with E-state index in [0.29, 0.717) is 38.2 Å². The maximum Gasteiger partial charge on any atom is 0.292 e. The van der Waals surface area contributed by atoms with Gasteiger partial charge in [0.15, 0.2) is 0 Å². The number of rotatable bonds is 7. The molecule has 1 aromatic heterocycles. The summed E-state index contributed by atoms with van der Waals surface area (Å²) < 4.78 is 0. The van der Waals surface area contributed by atoms with Crippen molar-refractivity contribution in [1.82, 2.24) is 10.2 Å². The summed E-state index contributed by atoms with van der Waals surface area (Å²) in [6.07, 6.45) is 3.87. The Labute approximate surface area is 180 Å². The van der Waals surface area contributed by atoms with Crippen LogP contribution in [0.2, 0.25) is 0 Å². The average molecular weight is 429 g/mol. The normalized spacial score (nSPS) is 19.0. The van der Waals surface area contributed by atoms with E-state index in [-0.39, 0.29) is 28.5 Å². The number of anilines is 1. The van der Waals surface area contributed by atoms with Crippen LogP contribution in [0.5, 0.6) is 0 Å². The van der Waals surface area contributed by atoms with Crippen LogP contribution in [0.1, 0.15) is 36.6 Å². The van der Waals surface area contributed by atoms with Crippen LogP contribution in [0.3, 0.4) is 0 Å². The number of piperidine rings is 1. The maximum atomic E-state index is 12.9. The van der Waals surface area contributed by atoms with Gasteiger partial charge in [-0.05, 0) is 56.3 Å². The van der Waals surface area contributed by atoms with Crippen LogP contribution in [0.25, 0.3) is 0 Å². The lowest BCUT2D eigenvalue weighted by molar-refractivity contribution is -0.384. The molecule has 2 fully saturated rings. The summed E-state index contributed by atoms with van der Waals surface area (Å²) in [7, 11) is 0. The number of nitrogens with one attached hydrogen (secondary N) is 1. The van der Waals surface area contributed by atoms with Crippen molar-refractivity contribution in [2.24, 2.45) is 5.92 Å². The van der Waals surface area contributed by atoms with E-state index in [1.54, 1.807) is 23.5 Å². The van der Waals surface area contributed by atoms with Crippen molar-refractivity contribution in [3.63, 3.8) is 0 Å². The molecule has 0 unspecified atom stereocenters. The predicted molar refractivity (Wildman–Crippen MR) is 119 cm³/mol. The number of nitrogens with zero attached hydrogens (tertiary/aromatic N) is 3. The highest BCUT2D eigenvalue weighted by Gasteiger charge is 2.30. The number of benzene rings is 1. The average Bonchev–Trinajstić information content (AvgIpc) is 3.49. The predicted octanol–water partition coefficient (Wildman–Crippen LogP) is 3.83. The highest BCUT2D eigenvalue weighted by Crippen LogP contribution is 2.32. The zero-order valence-corrected chi connectivity index (χ0v) is 17.9. The molecule has 7 nitrogen and oxygen atoms in total. The molecule has 8 heteroatoms. The number of nitro benzene ring substituents is 1. The molecule has 1 N–H and O–H groups in total. The summed E-state index contributed by atoms with van der Waals surface area (Å²) in [5, 5.41) is 16.6. The Morgan fingerprint density at radius 3 is 2.53 bits per heavy atom. The van der Waals surface area contributed by atoms with Crippen molar-refractivity contribution < 1.29 is 9.72 Å². The van der Waals surface area contributed by atoms with Gasteiger partial charge in [-0.3, -0.25) is 19.8 Å². The molecule has 4 rings (SSSR count). The van der Waals surface area contributed by atoms with Crippen LogP contribution < -0.4 is 10.2 Å². The minimum absolute atomic E-state index is 0.0356. The molecule has 1 aromatic carbocycles. The van der Waals surface area contributed by atoms with Crippen molar-refractivity contribution in [2.75, 3.05) is 37.6 Å². The SMILES string of the molecule is O=C(NC[C@@H](c1cccs1)N1CCCC1)C1CCN(c2ccccc2[N+](=O)[O-])CC1. The van der Waals surface area contributed by atoms with Gasteiger partial charge in [0.25, 0.3) is 5.69 Å². The monoisotopic (exact) mass is 428 g/mol. The van der Waals surface area contributed by atoms with E-state index in [1.807, 2.05) is 11.0 Å². The molecular formula is C22H28N4O3S. The third-order valence-corrected chi connectivity index (χ3v) is 7.18. The van der Waals surface area contributed by atoms with Gasteiger partial charge < -0.3 is 10.2 Å². The first-order chi connectivity index (χ1) is 14.6. The second-order valence-corrected chi connectivity index (χ2v) is 9.01. The number of hydrogen-bond donors (Lipinski definition) is 1. The molecule has 0 radical (unpaired) electrons. The lowest BCUT2D eigenvalue weighted by atomic mass is 9.95. The maximum absolute atomic E-state index is 12.9. The van der Waals surface area contributed by atoms with Gasteiger partial charge in [0.2, 0.25) is 5.91 Å². The Bertz CT molecular complexity index is 859. The van der Waals surface area contributed by atoms with E-state index in [0.717, 1.165) is 13.1 Å². The fraction of sp³-hybridized carbons (Fsp3) is 0.500. The van der Waals surface area contributed by atoms with Gasteiger partial charge in [0, 0.05) is 36.5 Å². The lowest BCUT2D eigenvalue weighted by Crippen LogP contribution is -2.43. The van der Waals surface area contributed by atoms with Crippen LogP contribution in [-0.2, 0) is 4.79 Å². The number of amides is 1. The lowest BCUT2D eigenvalue weighted by Gasteiger charge is -2.33. The van der Waals surface area contributed by atoms with Gasteiger partial charge in [-0.15, -0.1) is 11.3 Å². The fourth-order valence-electron chi connectivity index (χ4n) is 4.55. The van der Waals surface area contributed by atoms with Crippen LogP contribution in [0.4, 0.5) is 11.4 Å². The summed E-state index contributed by atoms with van der Waals surface area (Å²) in [4.78, 5) is 29.6. The van der Waals surface area contributed by atoms with Gasteiger partial charge in [-0.1, -0.05) is 18.2 Å². The molecule has 0 saturated carbocycles. The number of thiophene rings is 1. The summed E-state index contributed by atoms with van der Waals surface area (Å²) in [5.74, 6) is 0.0737. The minimum Gasteiger partial charge on any atom is -0.366 e. The molecule has 2 saturated heterocycles. The molecule has 1 atom stereocenters. The molecule has 0 bridgehead atoms. The summed E-state index contributed by atoms with van der Waals surface area (Å²) in [6.45, 7) is 4.13. The van der Waals surface area contributed by atoms with E-state index in [2.05, 4.69) is 27.7 Å². The third kappa shape index (κ3) is 4.65. The van der Waals surface area contributed by atoms with Crippen molar-refractivity contribution in [3.05, 3.63) is 56.8 Å². The minimum atomic E-state index is -0.336. The van der Waals surface area contributed by atoms with E-state index in [4.69, 9.17) is 0 Å². The Kier molecular flexibility index (Phi) is 6.64. The standard InChI is InChI=1S/C22H28N4O3S/c27-22(23-16-20(21-8-5-15-30-21)24-11-3-4-12-24)17-9-13-25(14-10-17)18-6-1-2-7-19(18)26(28)29/h1-2,5-8,15,17,20H,3-4,9-14,16H2,(H,23,27)/t20-/m0/s1. The van der Waals surface area contributed by atoms with E-state index in [1.165, 1.54) is 23.8 Å². The number of carbonyl (C=O) groups is 1. The van der Waals surface area contributed by atoms with E-state index in [9.17, 15) is 14.9 Å². The van der Waals surface area contributed by atoms with E-state index < -0.39 is 0 Å². The van der Waals surface area contributed by atoms with Gasteiger partial charge in [-0.2, -0.15) is 0 Å². The van der Waals surface area contributed by atoms with Gasteiger partial charge >= 0.3 is 0 Å². The second-order valence-electron chi connectivity index (χ2n) is 8.03. The number of likely N-dealkylation sites (tertiary alicyclic amines) is 1. The van der Waals surface area contributed by atoms with E-state index >= 15 is 0 Å². The summed E-state index contributed by atoms with van der Waals surface area (Å²) in [6, 6.07) is 11.3. The molecular weight excluding hydrogens is 400 g/mol. The molecule has 3 heterocycles. The first kappa shape index (κ1) is 20.8. The van der Waals surface area contributed by atoms with Crippen molar-refractivity contribution >= 4 is 28.6 Å². The highest BCUT2D eigenvalue weighted by molar-refractivity contribution is 7.10. The Balaban J connectivity index is 1.33. The largest absolute Gasteiger partial charge is 0.366 e. The van der Waals surface area contributed by atoms with Crippen LogP contribution in [0, 0.1) is 16.0 Å². The van der Waals surface area contributed by atoms with Crippen LogP contribution in [0.15, 0.2) is 41.8 Å². The van der Waals surface area contributed by atoms with Crippen molar-refractivity contribution in [3.8, 4) is 0 Å².